The highest BCUT2D eigenvalue weighted by Gasteiger charge is 2.42. The van der Waals surface area contributed by atoms with E-state index in [-0.39, 0.29) is 36.2 Å². The molecule has 2 aliphatic heterocycles. The molecule has 3 fully saturated rings. The molecule has 0 aromatic heterocycles. The quantitative estimate of drug-likeness (QED) is 0.851. The molecule has 6 heteroatoms. The fourth-order valence-electron chi connectivity index (χ4n) is 4.32. The Hall–Kier alpha value is -0.810. The van der Waals surface area contributed by atoms with Crippen molar-refractivity contribution in [3.8, 4) is 0 Å². The first-order chi connectivity index (χ1) is 10.1. The standard InChI is InChI=1S/C16H27N3O2.ClH/c1-11-6-12(8-17)9-18(11)16(21)13-7-15(20)19(10-13)14-4-2-3-5-14;/h11-14H,2-10,17H2,1H3;1H. The van der Waals surface area contributed by atoms with E-state index in [0.717, 1.165) is 25.8 Å². The molecule has 126 valence electrons. The van der Waals surface area contributed by atoms with Crippen LogP contribution >= 0.6 is 12.4 Å². The second-order valence-electron chi connectivity index (χ2n) is 7.06. The maximum atomic E-state index is 12.7. The number of nitrogens with zero attached hydrogens (tertiary/aromatic N) is 2. The van der Waals surface area contributed by atoms with Crippen molar-refractivity contribution in [3.63, 3.8) is 0 Å². The SMILES string of the molecule is CC1CC(CN)CN1C(=O)C1CC(=O)N(C2CCCC2)C1.Cl. The molecule has 0 aromatic carbocycles. The number of nitrogens with two attached hydrogens (primary N) is 1. The van der Waals surface area contributed by atoms with Gasteiger partial charge in [-0.15, -0.1) is 12.4 Å². The van der Waals surface area contributed by atoms with Crippen LogP contribution in [-0.4, -0.2) is 53.3 Å². The lowest BCUT2D eigenvalue weighted by Gasteiger charge is -2.26. The summed E-state index contributed by atoms with van der Waals surface area (Å²) in [6.45, 7) is 4.15. The average Bonchev–Trinajstić information content (AvgIpc) is 3.16. The Morgan fingerprint density at radius 1 is 1.27 bits per heavy atom. The van der Waals surface area contributed by atoms with E-state index in [9.17, 15) is 9.59 Å². The highest BCUT2D eigenvalue weighted by atomic mass is 35.5. The molecule has 5 nitrogen and oxygen atoms in total. The molecule has 1 aliphatic carbocycles. The van der Waals surface area contributed by atoms with Gasteiger partial charge in [-0.3, -0.25) is 9.59 Å². The molecule has 2 N–H and O–H groups in total. The first kappa shape index (κ1) is 17.5. The van der Waals surface area contributed by atoms with Crippen LogP contribution in [-0.2, 0) is 9.59 Å². The largest absolute Gasteiger partial charge is 0.339 e. The minimum atomic E-state index is -0.128. The fraction of sp³-hybridized carbons (Fsp3) is 0.875. The van der Waals surface area contributed by atoms with Gasteiger partial charge in [-0.2, -0.15) is 0 Å². The van der Waals surface area contributed by atoms with Crippen molar-refractivity contribution in [2.24, 2.45) is 17.6 Å². The molecule has 1 saturated carbocycles. The molecule has 2 heterocycles. The molecule has 0 aromatic rings. The van der Waals surface area contributed by atoms with Crippen molar-refractivity contribution in [1.82, 2.24) is 9.80 Å². The maximum Gasteiger partial charge on any atom is 0.228 e. The van der Waals surface area contributed by atoms with Gasteiger partial charge in [-0.25, -0.2) is 0 Å². The zero-order valence-electron chi connectivity index (χ0n) is 13.4. The second kappa shape index (κ2) is 7.18. The topological polar surface area (TPSA) is 66.6 Å². The van der Waals surface area contributed by atoms with Crippen LogP contribution in [0.15, 0.2) is 0 Å². The summed E-state index contributed by atoms with van der Waals surface area (Å²) in [4.78, 5) is 28.9. The minimum Gasteiger partial charge on any atom is -0.339 e. The monoisotopic (exact) mass is 329 g/mol. The van der Waals surface area contributed by atoms with E-state index < -0.39 is 0 Å². The minimum absolute atomic E-state index is 0. The predicted molar refractivity (Wildman–Crippen MR) is 87.7 cm³/mol. The fourth-order valence-corrected chi connectivity index (χ4v) is 4.32. The highest BCUT2D eigenvalue weighted by Crippen LogP contribution is 2.32. The maximum absolute atomic E-state index is 12.7. The van der Waals surface area contributed by atoms with E-state index in [1.54, 1.807) is 0 Å². The highest BCUT2D eigenvalue weighted by molar-refractivity contribution is 5.89. The summed E-state index contributed by atoms with van der Waals surface area (Å²) >= 11 is 0. The Bertz CT molecular complexity index is 426. The number of amides is 2. The average molecular weight is 330 g/mol. The van der Waals surface area contributed by atoms with Gasteiger partial charge in [0.25, 0.3) is 0 Å². The van der Waals surface area contributed by atoms with Crippen molar-refractivity contribution in [1.29, 1.82) is 0 Å². The van der Waals surface area contributed by atoms with E-state index >= 15 is 0 Å². The summed E-state index contributed by atoms with van der Waals surface area (Å²) in [7, 11) is 0. The Morgan fingerprint density at radius 2 is 1.95 bits per heavy atom. The zero-order chi connectivity index (χ0) is 15.0. The van der Waals surface area contributed by atoms with E-state index in [2.05, 4.69) is 6.92 Å². The van der Waals surface area contributed by atoms with Gasteiger partial charge in [0.15, 0.2) is 0 Å². The molecule has 3 rings (SSSR count). The van der Waals surface area contributed by atoms with Gasteiger partial charge in [-0.1, -0.05) is 12.8 Å². The molecule has 2 amide bonds. The van der Waals surface area contributed by atoms with Crippen LogP contribution in [0.1, 0.15) is 45.4 Å². The lowest BCUT2D eigenvalue weighted by molar-refractivity contribution is -0.136. The van der Waals surface area contributed by atoms with Crippen LogP contribution < -0.4 is 5.73 Å². The van der Waals surface area contributed by atoms with Crippen molar-refractivity contribution in [2.75, 3.05) is 19.6 Å². The van der Waals surface area contributed by atoms with Crippen LogP contribution in [0.4, 0.5) is 0 Å². The Kier molecular flexibility index (Phi) is 5.72. The molecule has 3 atom stereocenters. The Labute approximate surface area is 139 Å². The lowest BCUT2D eigenvalue weighted by atomic mass is 10.1. The number of hydrogen-bond donors (Lipinski definition) is 1. The number of rotatable bonds is 3. The van der Waals surface area contributed by atoms with Crippen molar-refractivity contribution in [3.05, 3.63) is 0 Å². The third-order valence-electron chi connectivity index (χ3n) is 5.55. The number of likely N-dealkylation sites (tertiary alicyclic amines) is 2. The molecule has 0 radical (unpaired) electrons. The molecule has 2 saturated heterocycles. The van der Waals surface area contributed by atoms with E-state index in [1.165, 1.54) is 12.8 Å². The predicted octanol–water partition coefficient (Wildman–Crippen LogP) is 1.39. The number of hydrogen-bond acceptors (Lipinski definition) is 3. The molecule has 0 bridgehead atoms. The van der Waals surface area contributed by atoms with E-state index in [4.69, 9.17) is 5.73 Å². The second-order valence-corrected chi connectivity index (χ2v) is 7.06. The van der Waals surface area contributed by atoms with Gasteiger partial charge in [0.2, 0.25) is 11.8 Å². The molecule has 3 aliphatic rings. The summed E-state index contributed by atoms with van der Waals surface area (Å²) in [6, 6.07) is 0.657. The van der Waals surface area contributed by atoms with E-state index in [0.29, 0.717) is 31.5 Å². The van der Waals surface area contributed by atoms with Crippen LogP contribution in [0.5, 0.6) is 0 Å². The summed E-state index contributed by atoms with van der Waals surface area (Å²) in [5.41, 5.74) is 5.74. The Balaban J connectivity index is 0.00000176. The summed E-state index contributed by atoms with van der Waals surface area (Å²) in [5, 5.41) is 0. The molecule has 3 unspecified atom stereocenters. The lowest BCUT2D eigenvalue weighted by Crippen LogP contribution is -2.41. The van der Waals surface area contributed by atoms with Gasteiger partial charge in [0.1, 0.15) is 0 Å². The molecular weight excluding hydrogens is 302 g/mol. The third-order valence-corrected chi connectivity index (χ3v) is 5.55. The smallest absolute Gasteiger partial charge is 0.228 e. The van der Waals surface area contributed by atoms with Crippen LogP contribution in [0, 0.1) is 11.8 Å². The normalized spacial score (nSPS) is 32.6. The number of halogens is 1. The summed E-state index contributed by atoms with van der Waals surface area (Å²) < 4.78 is 0. The first-order valence-electron chi connectivity index (χ1n) is 8.40. The first-order valence-corrected chi connectivity index (χ1v) is 8.40. The van der Waals surface area contributed by atoms with Gasteiger partial charge in [-0.05, 0) is 38.6 Å². The van der Waals surface area contributed by atoms with Crippen molar-refractivity contribution >= 4 is 24.2 Å². The third kappa shape index (κ3) is 3.25. The number of carbonyl (C=O) groups excluding carboxylic acids is 2. The van der Waals surface area contributed by atoms with Crippen LogP contribution in [0.25, 0.3) is 0 Å². The summed E-state index contributed by atoms with van der Waals surface area (Å²) in [6.07, 6.45) is 6.06. The zero-order valence-corrected chi connectivity index (χ0v) is 14.2. The molecule has 0 spiro atoms. The van der Waals surface area contributed by atoms with E-state index in [1.807, 2.05) is 9.80 Å². The summed E-state index contributed by atoms with van der Waals surface area (Å²) in [5.74, 6) is 0.652. The van der Waals surface area contributed by atoms with Crippen LogP contribution in [0.2, 0.25) is 0 Å². The molecule has 22 heavy (non-hydrogen) atoms. The van der Waals surface area contributed by atoms with Gasteiger partial charge in [0, 0.05) is 31.6 Å². The van der Waals surface area contributed by atoms with Crippen molar-refractivity contribution < 1.29 is 9.59 Å². The van der Waals surface area contributed by atoms with Crippen molar-refractivity contribution in [2.45, 2.75) is 57.5 Å². The molecular formula is C16H28ClN3O2. The number of carbonyl (C=O) groups is 2. The van der Waals surface area contributed by atoms with Gasteiger partial charge in [0.05, 0.1) is 5.92 Å². The van der Waals surface area contributed by atoms with Crippen LogP contribution in [0.3, 0.4) is 0 Å². The van der Waals surface area contributed by atoms with Gasteiger partial charge < -0.3 is 15.5 Å². The van der Waals surface area contributed by atoms with Gasteiger partial charge >= 0.3 is 0 Å². The Morgan fingerprint density at radius 3 is 2.55 bits per heavy atom.